The molecule has 1 radical (unpaired) electrons. The minimum Gasteiger partial charge on any atom is -0.501 e. The first-order chi connectivity index (χ1) is 26.3. The Morgan fingerprint density at radius 3 is 1.65 bits per heavy atom. The number of benzene rings is 6. The quantitative estimate of drug-likeness (QED) is 0.112. The molecule has 0 fully saturated rings. The molecule has 269 valence electrons. The number of fused-ring (bicyclic) bond motifs is 5. The zero-order valence-electron chi connectivity index (χ0n) is 29.5. The molecule has 0 spiro atoms. The normalized spacial score (nSPS) is 13.0. The van der Waals surface area contributed by atoms with Crippen LogP contribution in [0, 0.1) is 31.5 Å². The number of aromatic nitrogens is 1. The third kappa shape index (κ3) is 6.96. The van der Waals surface area contributed by atoms with Gasteiger partial charge in [-0.2, -0.15) is 74.0 Å². The van der Waals surface area contributed by atoms with E-state index >= 15 is 0 Å². The Morgan fingerprint density at radius 1 is 0.519 bits per heavy atom. The van der Waals surface area contributed by atoms with Crippen LogP contribution in [0.15, 0.2) is 162 Å². The molecule has 0 aliphatic carbocycles. The van der Waals surface area contributed by atoms with Crippen molar-refractivity contribution in [2.75, 3.05) is 32.7 Å². The van der Waals surface area contributed by atoms with E-state index in [9.17, 15) is 0 Å². The molecule has 0 amide bonds. The van der Waals surface area contributed by atoms with Crippen LogP contribution in [0.4, 0.5) is 34.1 Å². The van der Waals surface area contributed by atoms with Gasteiger partial charge in [0.2, 0.25) is 0 Å². The number of rotatable bonds is 8. The second kappa shape index (κ2) is 16.0. The molecule has 0 saturated heterocycles. The standard InChI is InChI=1S/C30H26N4.C17H10NO.Ir/c1-3-13-25(14-4-1)33-23-31(27-17-7-9-19-29(27)33)21-11-12-22-32-24-34(26-15-5-2-6-16-26)30-20-10-8-18-28(30)32;1-2-10-16-12(6-1)13-7-5-8-14(17(13)19-16)15-9-3-4-11-18-15;/h1-10,13,15,17-20,23-24H,11-12,21-22H2;1-7,9-11H;/q-4;-1;. The van der Waals surface area contributed by atoms with E-state index in [2.05, 4.69) is 135 Å². The fraction of sp³-hybridized carbons (Fsp3) is 0.0851. The van der Waals surface area contributed by atoms with Crippen LogP contribution in [0.1, 0.15) is 12.8 Å². The first kappa shape index (κ1) is 35.2. The predicted molar refractivity (Wildman–Crippen MR) is 216 cm³/mol. The van der Waals surface area contributed by atoms with Gasteiger partial charge >= 0.3 is 0 Å². The smallest absolute Gasteiger partial charge is 0.120 e. The van der Waals surface area contributed by atoms with Crippen molar-refractivity contribution in [3.05, 3.63) is 189 Å². The molecule has 6 nitrogen and oxygen atoms in total. The summed E-state index contributed by atoms with van der Waals surface area (Å²) >= 11 is 0. The predicted octanol–water partition coefficient (Wildman–Crippen LogP) is 11.4. The van der Waals surface area contributed by atoms with Crippen LogP contribution in [-0.2, 0) is 20.1 Å². The third-order valence-corrected chi connectivity index (χ3v) is 9.62. The number of nitrogens with zero attached hydrogens (tertiary/aromatic N) is 5. The van der Waals surface area contributed by atoms with E-state index < -0.39 is 0 Å². The van der Waals surface area contributed by atoms with Crippen molar-refractivity contribution < 1.29 is 24.5 Å². The molecule has 0 unspecified atom stereocenters. The van der Waals surface area contributed by atoms with E-state index in [1.807, 2.05) is 72.8 Å². The Hall–Kier alpha value is -5.88. The van der Waals surface area contributed by atoms with Gasteiger partial charge in [-0.05, 0) is 68.0 Å². The van der Waals surface area contributed by atoms with Crippen molar-refractivity contribution in [3.63, 3.8) is 0 Å². The van der Waals surface area contributed by atoms with Gasteiger partial charge in [0.1, 0.15) is 5.58 Å². The average Bonchev–Trinajstić information content (AvgIpc) is 3.93. The molecule has 8 aromatic rings. The first-order valence-corrected chi connectivity index (χ1v) is 18.0. The second-order valence-electron chi connectivity index (χ2n) is 12.9. The molecule has 2 aliphatic rings. The van der Waals surface area contributed by atoms with E-state index in [4.69, 9.17) is 4.42 Å². The van der Waals surface area contributed by atoms with Crippen molar-refractivity contribution in [1.29, 1.82) is 0 Å². The summed E-state index contributed by atoms with van der Waals surface area (Å²) in [7, 11) is 0. The van der Waals surface area contributed by atoms with E-state index in [1.165, 1.54) is 22.7 Å². The van der Waals surface area contributed by atoms with Gasteiger partial charge in [-0.15, -0.1) is 29.6 Å². The topological polar surface area (TPSA) is 39.0 Å². The maximum Gasteiger partial charge on any atom is 0.120 e. The van der Waals surface area contributed by atoms with Crippen molar-refractivity contribution in [2.24, 2.45) is 0 Å². The van der Waals surface area contributed by atoms with Gasteiger partial charge in [-0.1, -0.05) is 65.5 Å². The summed E-state index contributed by atoms with van der Waals surface area (Å²) < 4.78 is 5.97. The Morgan fingerprint density at radius 2 is 1.07 bits per heavy atom. The zero-order valence-corrected chi connectivity index (χ0v) is 31.9. The van der Waals surface area contributed by atoms with E-state index in [1.54, 1.807) is 6.20 Å². The molecule has 54 heavy (non-hydrogen) atoms. The summed E-state index contributed by atoms with van der Waals surface area (Å²) in [5, 5.41) is 2.23. The summed E-state index contributed by atoms with van der Waals surface area (Å²) in [4.78, 5) is 13.6. The third-order valence-electron chi connectivity index (χ3n) is 9.62. The Bertz CT molecular complexity index is 2360. The number of pyridine rings is 1. The van der Waals surface area contributed by atoms with Gasteiger partial charge in [-0.3, -0.25) is 0 Å². The summed E-state index contributed by atoms with van der Waals surface area (Å²) in [5.41, 5.74) is 10.6. The number of hydrogen-bond donors (Lipinski definition) is 0. The van der Waals surface area contributed by atoms with E-state index in [0.717, 1.165) is 70.5 Å². The molecule has 0 bridgehead atoms. The minimum absolute atomic E-state index is 0. The van der Waals surface area contributed by atoms with Crippen molar-refractivity contribution in [1.82, 2.24) is 4.98 Å². The van der Waals surface area contributed by atoms with Gasteiger partial charge in [0, 0.05) is 54.4 Å². The van der Waals surface area contributed by atoms with Crippen LogP contribution in [0.2, 0.25) is 0 Å². The Balaban J connectivity index is 0.000000175. The number of unbranched alkanes of at least 4 members (excludes halogenated alkanes) is 1. The maximum absolute atomic E-state index is 5.97. The zero-order chi connectivity index (χ0) is 35.4. The van der Waals surface area contributed by atoms with Gasteiger partial charge in [0.05, 0.1) is 5.58 Å². The molecule has 4 heterocycles. The molecule has 10 rings (SSSR count). The van der Waals surface area contributed by atoms with E-state index in [0.29, 0.717) is 0 Å². The maximum atomic E-state index is 5.97. The summed E-state index contributed by atoms with van der Waals surface area (Å²) in [6.45, 7) is 6.37. The second-order valence-corrected chi connectivity index (χ2v) is 12.9. The van der Waals surface area contributed by atoms with Crippen LogP contribution in [0.25, 0.3) is 33.2 Å². The molecule has 6 aromatic carbocycles. The van der Waals surface area contributed by atoms with Crippen LogP contribution in [-0.4, -0.2) is 18.1 Å². The van der Waals surface area contributed by atoms with Gasteiger partial charge < -0.3 is 29.0 Å². The molecule has 2 aromatic heterocycles. The summed E-state index contributed by atoms with van der Waals surface area (Å²) in [5.74, 6) is 0. The van der Waals surface area contributed by atoms with Gasteiger partial charge in [0.25, 0.3) is 0 Å². The molecular formula is C47H36IrN5O-5. The van der Waals surface area contributed by atoms with Crippen molar-refractivity contribution in [3.8, 4) is 11.3 Å². The van der Waals surface area contributed by atoms with Crippen molar-refractivity contribution >= 4 is 56.1 Å². The van der Waals surface area contributed by atoms with E-state index in [-0.39, 0.29) is 20.1 Å². The van der Waals surface area contributed by atoms with Crippen LogP contribution >= 0.6 is 0 Å². The van der Waals surface area contributed by atoms with Gasteiger partial charge in [0.15, 0.2) is 0 Å². The first-order valence-electron chi connectivity index (χ1n) is 18.0. The monoisotopic (exact) mass is 879 g/mol. The Kier molecular flexibility index (Phi) is 10.4. The summed E-state index contributed by atoms with van der Waals surface area (Å²) in [6.07, 6.45) is 3.98. The van der Waals surface area contributed by atoms with Crippen LogP contribution in [0.3, 0.4) is 0 Å². The molecule has 0 N–H and O–H groups in total. The summed E-state index contributed by atoms with van der Waals surface area (Å²) in [6, 6.07) is 61.3. The average molecular weight is 879 g/mol. The number of furan rings is 1. The SMILES string of the molecule is [Ir].[c-]1ccc2c(oc3ccccc32)c1-c1ccccn1.[c-]1ccccc1N1[CH-]N(CCCCN2[CH-]N(c3[c-]cccc3)c3ccccc32)c2ccccc21. The fourth-order valence-electron chi connectivity index (χ4n) is 7.11. The molecular weight excluding hydrogens is 843 g/mol. The molecule has 2 aliphatic heterocycles. The molecule has 0 saturated carbocycles. The fourth-order valence-corrected chi connectivity index (χ4v) is 7.11. The van der Waals surface area contributed by atoms with Crippen molar-refractivity contribution in [2.45, 2.75) is 12.8 Å². The minimum atomic E-state index is 0. The number of anilines is 6. The Labute approximate surface area is 330 Å². The van der Waals surface area contributed by atoms with Gasteiger partial charge in [-0.25, -0.2) is 0 Å². The van der Waals surface area contributed by atoms with Crippen LogP contribution in [0.5, 0.6) is 0 Å². The molecule has 7 heteroatoms. The number of hydrogen-bond acceptors (Lipinski definition) is 6. The van der Waals surface area contributed by atoms with Crippen LogP contribution < -0.4 is 19.6 Å². The molecule has 0 atom stereocenters. The largest absolute Gasteiger partial charge is 0.501 e. The number of para-hydroxylation sites is 7.